The Hall–Kier alpha value is -1.29. The molecule has 1 aromatic heterocycles. The Bertz CT molecular complexity index is 319. The number of anilines is 2. The van der Waals surface area contributed by atoms with Crippen LogP contribution in [0, 0.1) is 0 Å². The van der Waals surface area contributed by atoms with Crippen LogP contribution in [0.15, 0.2) is 18.3 Å². The summed E-state index contributed by atoms with van der Waals surface area (Å²) < 4.78 is 0. The van der Waals surface area contributed by atoms with Crippen molar-refractivity contribution in [2.75, 3.05) is 10.7 Å². The number of aromatic nitrogens is 1. The molecule has 0 atom stereocenters. The van der Waals surface area contributed by atoms with Crippen molar-refractivity contribution in [3.63, 3.8) is 0 Å². The van der Waals surface area contributed by atoms with Gasteiger partial charge in [0.25, 0.3) is 0 Å². The van der Waals surface area contributed by atoms with E-state index in [2.05, 4.69) is 15.7 Å². The first kappa shape index (κ1) is 11.2. The fraction of sp³-hybridized carbons (Fsp3) is 0.583. The molecule has 0 bridgehead atoms. The Labute approximate surface area is 96.6 Å². The predicted molar refractivity (Wildman–Crippen MR) is 67.2 cm³/mol. The van der Waals surface area contributed by atoms with Crippen molar-refractivity contribution in [2.24, 2.45) is 5.84 Å². The van der Waals surface area contributed by atoms with Gasteiger partial charge in [0.15, 0.2) is 0 Å². The minimum absolute atomic E-state index is 0.607. The van der Waals surface area contributed by atoms with Crippen LogP contribution in [0.25, 0.3) is 0 Å². The van der Waals surface area contributed by atoms with Crippen molar-refractivity contribution in [1.29, 1.82) is 0 Å². The van der Waals surface area contributed by atoms with Crippen LogP contribution in [0.5, 0.6) is 0 Å². The molecule has 4 nitrogen and oxygen atoms in total. The average Bonchev–Trinajstić information content (AvgIpc) is 2.58. The first-order valence-corrected chi connectivity index (χ1v) is 6.08. The molecule has 4 heteroatoms. The van der Waals surface area contributed by atoms with E-state index in [4.69, 9.17) is 5.84 Å². The molecular weight excluding hydrogens is 200 g/mol. The van der Waals surface area contributed by atoms with Gasteiger partial charge in [-0.1, -0.05) is 25.7 Å². The molecule has 1 heterocycles. The lowest BCUT2D eigenvalue weighted by Crippen LogP contribution is -2.18. The minimum atomic E-state index is 0.607. The molecule has 1 saturated carbocycles. The lowest BCUT2D eigenvalue weighted by atomic mass is 10.1. The molecule has 0 unspecified atom stereocenters. The van der Waals surface area contributed by atoms with Crippen LogP contribution in [0.3, 0.4) is 0 Å². The molecule has 0 aromatic carbocycles. The van der Waals surface area contributed by atoms with E-state index in [0.29, 0.717) is 11.9 Å². The van der Waals surface area contributed by atoms with Gasteiger partial charge in [0, 0.05) is 24.0 Å². The van der Waals surface area contributed by atoms with Crippen LogP contribution in [-0.2, 0) is 0 Å². The van der Waals surface area contributed by atoms with Crippen molar-refractivity contribution >= 4 is 11.5 Å². The zero-order valence-electron chi connectivity index (χ0n) is 9.58. The summed E-state index contributed by atoms with van der Waals surface area (Å²) in [5, 5.41) is 3.56. The second kappa shape index (κ2) is 5.70. The summed E-state index contributed by atoms with van der Waals surface area (Å²) in [6.45, 7) is 0. The van der Waals surface area contributed by atoms with Crippen LogP contribution in [0.2, 0.25) is 0 Å². The fourth-order valence-electron chi connectivity index (χ4n) is 2.26. The smallest absolute Gasteiger partial charge is 0.141 e. The molecule has 1 fully saturated rings. The quantitative estimate of drug-likeness (QED) is 0.416. The first-order chi connectivity index (χ1) is 7.88. The van der Waals surface area contributed by atoms with E-state index in [0.717, 1.165) is 5.69 Å². The maximum atomic E-state index is 5.34. The zero-order chi connectivity index (χ0) is 11.2. The van der Waals surface area contributed by atoms with Gasteiger partial charge in [0.1, 0.15) is 5.82 Å². The van der Waals surface area contributed by atoms with Crippen molar-refractivity contribution in [3.05, 3.63) is 18.3 Å². The highest BCUT2D eigenvalue weighted by Gasteiger charge is 2.11. The normalized spacial score (nSPS) is 17.8. The van der Waals surface area contributed by atoms with Gasteiger partial charge in [-0.2, -0.15) is 0 Å². The summed E-state index contributed by atoms with van der Waals surface area (Å²) in [7, 11) is 0. The van der Waals surface area contributed by atoms with Crippen molar-refractivity contribution in [2.45, 2.75) is 44.6 Å². The number of nitrogens with one attached hydrogen (secondary N) is 2. The largest absolute Gasteiger partial charge is 0.382 e. The summed E-state index contributed by atoms with van der Waals surface area (Å²) >= 11 is 0. The Morgan fingerprint density at radius 1 is 1.19 bits per heavy atom. The summed E-state index contributed by atoms with van der Waals surface area (Å²) in [5.74, 6) is 6.04. The fourth-order valence-corrected chi connectivity index (χ4v) is 2.26. The van der Waals surface area contributed by atoms with Gasteiger partial charge in [-0.15, -0.1) is 0 Å². The molecule has 0 saturated heterocycles. The SMILES string of the molecule is NNc1cc(NC2CCCCCC2)ccn1. The first-order valence-electron chi connectivity index (χ1n) is 6.08. The van der Waals surface area contributed by atoms with Gasteiger partial charge < -0.3 is 10.7 Å². The Morgan fingerprint density at radius 2 is 1.94 bits per heavy atom. The summed E-state index contributed by atoms with van der Waals surface area (Å²) in [5.41, 5.74) is 3.67. The standard InChI is InChI=1S/C12H20N4/c13-16-12-9-11(7-8-14-12)15-10-5-3-1-2-4-6-10/h7-10H,1-6,13H2,(H2,14,15,16). The topological polar surface area (TPSA) is 63.0 Å². The highest BCUT2D eigenvalue weighted by molar-refractivity contribution is 5.51. The monoisotopic (exact) mass is 220 g/mol. The van der Waals surface area contributed by atoms with E-state index in [-0.39, 0.29) is 0 Å². The van der Waals surface area contributed by atoms with Gasteiger partial charge in [0.2, 0.25) is 0 Å². The Kier molecular flexibility index (Phi) is 3.99. The summed E-state index contributed by atoms with van der Waals surface area (Å²) in [4.78, 5) is 4.09. The molecule has 0 aliphatic heterocycles. The van der Waals surface area contributed by atoms with Gasteiger partial charge in [0.05, 0.1) is 0 Å². The molecule has 16 heavy (non-hydrogen) atoms. The van der Waals surface area contributed by atoms with E-state index in [1.165, 1.54) is 38.5 Å². The third-order valence-corrected chi connectivity index (χ3v) is 3.13. The molecule has 0 radical (unpaired) electrons. The van der Waals surface area contributed by atoms with Crippen LogP contribution in [0.1, 0.15) is 38.5 Å². The van der Waals surface area contributed by atoms with E-state index in [1.807, 2.05) is 12.1 Å². The van der Waals surface area contributed by atoms with Gasteiger partial charge in [-0.25, -0.2) is 10.8 Å². The number of nitrogen functional groups attached to an aromatic ring is 1. The highest BCUT2D eigenvalue weighted by Crippen LogP contribution is 2.21. The van der Waals surface area contributed by atoms with Crippen molar-refractivity contribution in [1.82, 2.24) is 4.98 Å². The van der Waals surface area contributed by atoms with Crippen LogP contribution in [-0.4, -0.2) is 11.0 Å². The van der Waals surface area contributed by atoms with Crippen LogP contribution >= 0.6 is 0 Å². The molecule has 88 valence electrons. The predicted octanol–water partition coefficient (Wildman–Crippen LogP) is 2.50. The third kappa shape index (κ3) is 3.10. The molecule has 4 N–H and O–H groups in total. The molecule has 1 aliphatic rings. The molecular formula is C12H20N4. The average molecular weight is 220 g/mol. The molecule has 2 rings (SSSR count). The minimum Gasteiger partial charge on any atom is -0.382 e. The number of nitrogens with two attached hydrogens (primary N) is 1. The highest BCUT2D eigenvalue weighted by atomic mass is 15.2. The van der Waals surface area contributed by atoms with Gasteiger partial charge in [-0.3, -0.25) is 0 Å². The number of hydrogen-bond donors (Lipinski definition) is 3. The van der Waals surface area contributed by atoms with E-state index >= 15 is 0 Å². The number of rotatable bonds is 3. The zero-order valence-corrected chi connectivity index (χ0v) is 9.58. The number of nitrogens with zero attached hydrogens (tertiary/aromatic N) is 1. The van der Waals surface area contributed by atoms with Crippen molar-refractivity contribution < 1.29 is 0 Å². The Balaban J connectivity index is 1.96. The summed E-state index contributed by atoms with van der Waals surface area (Å²) in [6.07, 6.45) is 9.75. The van der Waals surface area contributed by atoms with E-state index in [9.17, 15) is 0 Å². The van der Waals surface area contributed by atoms with Crippen molar-refractivity contribution in [3.8, 4) is 0 Å². The molecule has 0 amide bonds. The maximum Gasteiger partial charge on any atom is 0.141 e. The lowest BCUT2D eigenvalue weighted by Gasteiger charge is -2.17. The van der Waals surface area contributed by atoms with E-state index in [1.54, 1.807) is 6.20 Å². The number of hydrazine groups is 1. The molecule has 1 aliphatic carbocycles. The second-order valence-electron chi connectivity index (χ2n) is 4.41. The molecule has 1 aromatic rings. The van der Waals surface area contributed by atoms with Gasteiger partial charge >= 0.3 is 0 Å². The van der Waals surface area contributed by atoms with Gasteiger partial charge in [-0.05, 0) is 18.9 Å². The van der Waals surface area contributed by atoms with Crippen LogP contribution in [0.4, 0.5) is 11.5 Å². The number of pyridine rings is 1. The Morgan fingerprint density at radius 3 is 2.62 bits per heavy atom. The second-order valence-corrected chi connectivity index (χ2v) is 4.41. The van der Waals surface area contributed by atoms with E-state index < -0.39 is 0 Å². The summed E-state index contributed by atoms with van der Waals surface area (Å²) in [6, 6.07) is 4.55. The lowest BCUT2D eigenvalue weighted by molar-refractivity contribution is 0.620. The third-order valence-electron chi connectivity index (χ3n) is 3.13. The molecule has 0 spiro atoms. The van der Waals surface area contributed by atoms with Crippen LogP contribution < -0.4 is 16.6 Å². The number of hydrogen-bond acceptors (Lipinski definition) is 4. The maximum absolute atomic E-state index is 5.34.